The Bertz CT molecular complexity index is 442. The number of hydrogen-bond donors (Lipinski definition) is 0. The highest BCUT2D eigenvalue weighted by molar-refractivity contribution is 6.42. The van der Waals surface area contributed by atoms with E-state index < -0.39 is 0 Å². The van der Waals surface area contributed by atoms with E-state index >= 15 is 0 Å². The van der Waals surface area contributed by atoms with E-state index in [-0.39, 0.29) is 0 Å². The highest BCUT2D eigenvalue weighted by atomic mass is 35.5. The summed E-state index contributed by atoms with van der Waals surface area (Å²) in [6, 6.07) is 4.20. The number of fused-ring (bicyclic) bond motifs is 1. The van der Waals surface area contributed by atoms with E-state index in [0.717, 1.165) is 27.8 Å². The van der Waals surface area contributed by atoms with Gasteiger partial charge in [-0.2, -0.15) is 0 Å². The normalized spacial score (nSPS) is 26.8. The zero-order valence-electron chi connectivity index (χ0n) is 12.3. The largest absolute Gasteiger partial charge is 0.0827 e. The van der Waals surface area contributed by atoms with Crippen molar-refractivity contribution in [2.75, 3.05) is 0 Å². The van der Waals surface area contributed by atoms with Gasteiger partial charge in [-0.1, -0.05) is 55.8 Å². The Morgan fingerprint density at radius 2 is 1.45 bits per heavy atom. The summed E-state index contributed by atoms with van der Waals surface area (Å²) in [6.07, 6.45) is 11.0. The second-order valence-corrected chi connectivity index (χ2v) is 7.59. The van der Waals surface area contributed by atoms with Gasteiger partial charge in [-0.3, -0.25) is 0 Å². The van der Waals surface area contributed by atoms with Crippen LogP contribution in [0.5, 0.6) is 0 Å². The minimum absolute atomic E-state index is 0.720. The van der Waals surface area contributed by atoms with Gasteiger partial charge in [-0.15, -0.1) is 0 Å². The van der Waals surface area contributed by atoms with Crippen LogP contribution >= 0.6 is 23.2 Å². The molecule has 0 bridgehead atoms. The highest BCUT2D eigenvalue weighted by Crippen LogP contribution is 2.42. The smallest absolute Gasteiger partial charge is 0.0595 e. The third-order valence-electron chi connectivity index (χ3n) is 5.46. The molecule has 20 heavy (non-hydrogen) atoms. The number of benzene rings is 1. The van der Waals surface area contributed by atoms with Crippen LogP contribution in [0.4, 0.5) is 0 Å². The lowest BCUT2D eigenvalue weighted by Gasteiger charge is -2.32. The van der Waals surface area contributed by atoms with Gasteiger partial charge in [0, 0.05) is 0 Å². The molecule has 0 saturated heterocycles. The lowest BCUT2D eigenvalue weighted by Crippen LogP contribution is -2.22. The maximum absolute atomic E-state index is 6.15. The lowest BCUT2D eigenvalue weighted by molar-refractivity contribution is 0.201. The predicted molar refractivity (Wildman–Crippen MR) is 87.7 cm³/mol. The topological polar surface area (TPSA) is 0 Å². The lowest BCUT2D eigenvalue weighted by atomic mass is 9.74. The second kappa shape index (κ2) is 6.28. The quantitative estimate of drug-likeness (QED) is 0.613. The van der Waals surface area contributed by atoms with E-state index in [0.29, 0.717) is 0 Å². The minimum Gasteiger partial charge on any atom is -0.0827 e. The van der Waals surface area contributed by atoms with E-state index in [1.165, 1.54) is 62.5 Å². The molecule has 1 fully saturated rings. The SMILES string of the molecule is CCC[C@H]1CC[C@H](C2Cc3cc(Cl)c(Cl)cc3C2)CC1. The molecule has 110 valence electrons. The standard InChI is InChI=1S/C18H24Cl2/c1-2-3-12-4-6-13(7-5-12)14-8-15-10-17(19)18(20)11-16(15)9-14/h10-14H,2-9H2,1H3/t12-,13-. The Hall–Kier alpha value is -0.200. The molecular formula is C18H24Cl2. The molecule has 0 heterocycles. The molecule has 0 aromatic heterocycles. The van der Waals surface area contributed by atoms with E-state index in [4.69, 9.17) is 23.2 Å². The Balaban J connectivity index is 1.62. The molecule has 2 heteroatoms. The Labute approximate surface area is 132 Å². The molecule has 0 aliphatic heterocycles. The first-order chi connectivity index (χ1) is 9.67. The summed E-state index contributed by atoms with van der Waals surface area (Å²) < 4.78 is 0. The van der Waals surface area contributed by atoms with Crippen molar-refractivity contribution in [3.63, 3.8) is 0 Å². The molecule has 0 unspecified atom stereocenters. The maximum atomic E-state index is 6.15. The molecule has 1 aromatic carbocycles. The van der Waals surface area contributed by atoms with Gasteiger partial charge in [-0.05, 0) is 66.7 Å². The molecule has 2 aliphatic carbocycles. The number of hydrogen-bond acceptors (Lipinski definition) is 0. The molecule has 3 rings (SSSR count). The van der Waals surface area contributed by atoms with Crippen molar-refractivity contribution in [3.05, 3.63) is 33.3 Å². The van der Waals surface area contributed by atoms with Gasteiger partial charge in [0.1, 0.15) is 0 Å². The molecule has 2 aliphatic rings. The average molecular weight is 311 g/mol. The fourth-order valence-electron chi connectivity index (χ4n) is 4.34. The monoisotopic (exact) mass is 310 g/mol. The molecule has 1 aromatic rings. The van der Waals surface area contributed by atoms with Crippen LogP contribution in [0.25, 0.3) is 0 Å². The Morgan fingerprint density at radius 1 is 0.900 bits per heavy atom. The minimum atomic E-state index is 0.720. The highest BCUT2D eigenvalue weighted by Gasteiger charge is 2.32. The van der Waals surface area contributed by atoms with Gasteiger partial charge in [0.25, 0.3) is 0 Å². The predicted octanol–water partition coefficient (Wildman–Crippen LogP) is 6.31. The molecule has 0 spiro atoms. The third kappa shape index (κ3) is 3.02. The Morgan fingerprint density at radius 3 is 1.95 bits per heavy atom. The Kier molecular flexibility index (Phi) is 4.62. The molecule has 0 amide bonds. The van der Waals surface area contributed by atoms with Crippen LogP contribution in [0.2, 0.25) is 10.0 Å². The van der Waals surface area contributed by atoms with E-state index in [2.05, 4.69) is 19.1 Å². The van der Waals surface area contributed by atoms with Crippen LogP contribution < -0.4 is 0 Å². The van der Waals surface area contributed by atoms with Crippen LogP contribution in [-0.2, 0) is 12.8 Å². The second-order valence-electron chi connectivity index (χ2n) is 6.77. The van der Waals surface area contributed by atoms with Crippen molar-refractivity contribution in [3.8, 4) is 0 Å². The van der Waals surface area contributed by atoms with Gasteiger partial charge in [-0.25, -0.2) is 0 Å². The van der Waals surface area contributed by atoms with Gasteiger partial charge >= 0.3 is 0 Å². The van der Waals surface area contributed by atoms with E-state index in [1.54, 1.807) is 0 Å². The summed E-state index contributed by atoms with van der Waals surface area (Å²) in [5.41, 5.74) is 2.89. The van der Waals surface area contributed by atoms with E-state index in [1.807, 2.05) is 0 Å². The zero-order chi connectivity index (χ0) is 14.1. The maximum Gasteiger partial charge on any atom is 0.0595 e. The summed E-state index contributed by atoms with van der Waals surface area (Å²) in [5.74, 6) is 2.76. The summed E-state index contributed by atoms with van der Waals surface area (Å²) in [6.45, 7) is 2.31. The van der Waals surface area contributed by atoms with Crippen LogP contribution in [0, 0.1) is 17.8 Å². The fourth-order valence-corrected chi connectivity index (χ4v) is 4.71. The summed E-state index contributed by atoms with van der Waals surface area (Å²) in [5, 5.41) is 1.44. The van der Waals surface area contributed by atoms with Crippen molar-refractivity contribution >= 4 is 23.2 Å². The summed E-state index contributed by atoms with van der Waals surface area (Å²) >= 11 is 12.3. The molecule has 0 nitrogen and oxygen atoms in total. The first-order valence-corrected chi connectivity index (χ1v) is 8.89. The zero-order valence-corrected chi connectivity index (χ0v) is 13.8. The van der Waals surface area contributed by atoms with Crippen LogP contribution in [0.15, 0.2) is 12.1 Å². The van der Waals surface area contributed by atoms with Gasteiger partial charge in [0.2, 0.25) is 0 Å². The van der Waals surface area contributed by atoms with Crippen molar-refractivity contribution in [2.45, 2.75) is 58.3 Å². The van der Waals surface area contributed by atoms with E-state index in [9.17, 15) is 0 Å². The summed E-state index contributed by atoms with van der Waals surface area (Å²) in [4.78, 5) is 0. The average Bonchev–Trinajstić information content (AvgIpc) is 2.83. The van der Waals surface area contributed by atoms with Crippen molar-refractivity contribution in [2.24, 2.45) is 17.8 Å². The van der Waals surface area contributed by atoms with Crippen molar-refractivity contribution in [1.82, 2.24) is 0 Å². The first kappa shape index (κ1) is 14.7. The fraction of sp³-hybridized carbons (Fsp3) is 0.667. The van der Waals surface area contributed by atoms with Gasteiger partial charge in [0.15, 0.2) is 0 Å². The van der Waals surface area contributed by atoms with Crippen LogP contribution in [0.3, 0.4) is 0 Å². The number of halogens is 2. The summed E-state index contributed by atoms with van der Waals surface area (Å²) in [7, 11) is 0. The molecule has 0 atom stereocenters. The van der Waals surface area contributed by atoms with Crippen LogP contribution in [-0.4, -0.2) is 0 Å². The molecular weight excluding hydrogens is 287 g/mol. The molecule has 0 radical (unpaired) electrons. The molecule has 1 saturated carbocycles. The van der Waals surface area contributed by atoms with Gasteiger partial charge < -0.3 is 0 Å². The van der Waals surface area contributed by atoms with Crippen LogP contribution in [0.1, 0.15) is 56.6 Å². The molecule has 0 N–H and O–H groups in total. The van der Waals surface area contributed by atoms with Gasteiger partial charge in [0.05, 0.1) is 10.0 Å². The van der Waals surface area contributed by atoms with Crippen molar-refractivity contribution < 1.29 is 0 Å². The first-order valence-electron chi connectivity index (χ1n) is 8.14. The van der Waals surface area contributed by atoms with Crippen molar-refractivity contribution in [1.29, 1.82) is 0 Å². The third-order valence-corrected chi connectivity index (χ3v) is 6.18. The number of rotatable bonds is 3.